The van der Waals surface area contributed by atoms with Crippen molar-refractivity contribution in [3.8, 4) is 17.1 Å². The Morgan fingerprint density at radius 2 is 2.15 bits per heavy atom. The molecular formula is C14H16N4OS. The number of thioether (sulfide) groups is 1. The lowest BCUT2D eigenvalue weighted by Crippen LogP contribution is -2.12. The van der Waals surface area contributed by atoms with Crippen molar-refractivity contribution >= 4 is 17.6 Å². The predicted octanol–water partition coefficient (Wildman–Crippen LogP) is 2.49. The molecule has 0 atom stereocenters. The monoisotopic (exact) mass is 288 g/mol. The summed E-state index contributed by atoms with van der Waals surface area (Å²) in [5.74, 6) is 9.69. The van der Waals surface area contributed by atoms with Crippen LogP contribution < -0.4 is 16.0 Å². The Morgan fingerprint density at radius 1 is 1.30 bits per heavy atom. The van der Waals surface area contributed by atoms with E-state index in [1.54, 1.807) is 7.11 Å². The molecule has 0 saturated heterocycles. The molecule has 1 aromatic heterocycles. The van der Waals surface area contributed by atoms with Crippen molar-refractivity contribution in [2.24, 2.45) is 5.84 Å². The highest BCUT2D eigenvalue weighted by Gasteiger charge is 2.20. The number of nitrogens with zero attached hydrogens (tertiary/aromatic N) is 2. The molecule has 0 bridgehead atoms. The number of fused-ring (bicyclic) bond motifs is 1. The van der Waals surface area contributed by atoms with Crippen LogP contribution in [0.25, 0.3) is 11.4 Å². The third-order valence-corrected chi connectivity index (χ3v) is 4.34. The number of aryl methyl sites for hydroxylation is 1. The van der Waals surface area contributed by atoms with Gasteiger partial charge >= 0.3 is 0 Å². The Kier molecular flexibility index (Phi) is 3.50. The molecule has 104 valence electrons. The van der Waals surface area contributed by atoms with Gasteiger partial charge < -0.3 is 10.2 Å². The zero-order chi connectivity index (χ0) is 14.1. The minimum atomic E-state index is 0.699. The van der Waals surface area contributed by atoms with Crippen LogP contribution in [-0.4, -0.2) is 17.1 Å². The number of nitrogens with one attached hydrogen (secondary N) is 1. The summed E-state index contributed by atoms with van der Waals surface area (Å²) in [7, 11) is 1.67. The van der Waals surface area contributed by atoms with Crippen LogP contribution in [0.2, 0.25) is 0 Å². The van der Waals surface area contributed by atoms with E-state index in [0.29, 0.717) is 5.82 Å². The van der Waals surface area contributed by atoms with E-state index in [2.05, 4.69) is 15.4 Å². The van der Waals surface area contributed by atoms with Gasteiger partial charge in [0, 0.05) is 22.6 Å². The van der Waals surface area contributed by atoms with Crippen molar-refractivity contribution in [3.63, 3.8) is 0 Å². The molecule has 3 N–H and O–H groups in total. The lowest BCUT2D eigenvalue weighted by molar-refractivity contribution is 0.412. The van der Waals surface area contributed by atoms with Crippen molar-refractivity contribution in [1.82, 2.24) is 9.97 Å². The fourth-order valence-corrected chi connectivity index (χ4v) is 3.36. The molecule has 1 aliphatic heterocycles. The molecule has 2 heterocycles. The molecule has 0 radical (unpaired) electrons. The molecule has 6 heteroatoms. The number of ether oxygens (including phenoxy) is 1. The summed E-state index contributed by atoms with van der Waals surface area (Å²) in [4.78, 5) is 9.19. The fraction of sp³-hybridized carbons (Fsp3) is 0.286. The third-order valence-electron chi connectivity index (χ3n) is 3.37. The van der Waals surface area contributed by atoms with Crippen LogP contribution in [0, 0.1) is 6.92 Å². The lowest BCUT2D eigenvalue weighted by Gasteiger charge is -2.10. The number of rotatable bonds is 3. The molecule has 2 aromatic rings. The van der Waals surface area contributed by atoms with Crippen molar-refractivity contribution in [2.45, 2.75) is 18.4 Å². The first-order chi connectivity index (χ1) is 9.72. The Hall–Kier alpha value is -1.79. The van der Waals surface area contributed by atoms with Gasteiger partial charge in [0.1, 0.15) is 11.6 Å². The zero-order valence-corrected chi connectivity index (χ0v) is 12.3. The maximum Gasteiger partial charge on any atom is 0.161 e. The highest BCUT2D eigenvalue weighted by Crippen LogP contribution is 2.34. The quantitative estimate of drug-likeness (QED) is 0.668. The van der Waals surface area contributed by atoms with Gasteiger partial charge in [-0.3, -0.25) is 0 Å². The van der Waals surface area contributed by atoms with Crippen molar-refractivity contribution in [1.29, 1.82) is 0 Å². The topological polar surface area (TPSA) is 73.1 Å². The van der Waals surface area contributed by atoms with E-state index < -0.39 is 0 Å². The average molecular weight is 288 g/mol. The van der Waals surface area contributed by atoms with Crippen LogP contribution in [0.1, 0.15) is 16.8 Å². The Balaban J connectivity index is 2.08. The molecule has 0 unspecified atom stereocenters. The normalized spacial score (nSPS) is 13.2. The number of nitrogens with two attached hydrogens (primary N) is 1. The lowest BCUT2D eigenvalue weighted by atomic mass is 10.1. The van der Waals surface area contributed by atoms with Crippen LogP contribution in [-0.2, 0) is 11.5 Å². The van der Waals surface area contributed by atoms with Gasteiger partial charge in [-0.2, -0.15) is 11.8 Å². The second-order valence-corrected chi connectivity index (χ2v) is 5.63. The Bertz CT molecular complexity index is 660. The number of nitrogen functional groups attached to an aromatic ring is 1. The number of benzene rings is 1. The molecule has 20 heavy (non-hydrogen) atoms. The van der Waals surface area contributed by atoms with Crippen LogP contribution in [0.3, 0.4) is 0 Å². The number of methoxy groups -OCH3 is 1. The first-order valence-electron chi connectivity index (χ1n) is 6.32. The molecule has 0 saturated carbocycles. The van der Waals surface area contributed by atoms with Gasteiger partial charge in [0.15, 0.2) is 5.82 Å². The van der Waals surface area contributed by atoms with Crippen LogP contribution >= 0.6 is 11.8 Å². The summed E-state index contributed by atoms with van der Waals surface area (Å²) in [5.41, 5.74) is 6.91. The van der Waals surface area contributed by atoms with E-state index in [1.165, 1.54) is 0 Å². The largest absolute Gasteiger partial charge is 0.496 e. The molecule has 1 aliphatic rings. The van der Waals surface area contributed by atoms with Crippen LogP contribution in [0.4, 0.5) is 5.82 Å². The smallest absolute Gasteiger partial charge is 0.161 e. The van der Waals surface area contributed by atoms with E-state index in [-0.39, 0.29) is 0 Å². The predicted molar refractivity (Wildman–Crippen MR) is 81.6 cm³/mol. The van der Waals surface area contributed by atoms with E-state index in [1.807, 2.05) is 36.9 Å². The molecule has 0 amide bonds. The van der Waals surface area contributed by atoms with Crippen LogP contribution in [0.15, 0.2) is 18.2 Å². The van der Waals surface area contributed by atoms with E-state index in [4.69, 9.17) is 10.6 Å². The molecule has 0 fully saturated rings. The van der Waals surface area contributed by atoms with Gasteiger partial charge in [-0.1, -0.05) is 0 Å². The van der Waals surface area contributed by atoms with Gasteiger partial charge in [-0.25, -0.2) is 15.8 Å². The molecule has 0 spiro atoms. The van der Waals surface area contributed by atoms with Crippen LogP contribution in [0.5, 0.6) is 5.75 Å². The van der Waals surface area contributed by atoms with Crippen molar-refractivity contribution in [2.75, 3.05) is 12.5 Å². The van der Waals surface area contributed by atoms with E-state index >= 15 is 0 Å². The van der Waals surface area contributed by atoms with Gasteiger partial charge in [-0.15, -0.1) is 0 Å². The zero-order valence-electron chi connectivity index (χ0n) is 11.4. The van der Waals surface area contributed by atoms with E-state index in [0.717, 1.165) is 45.5 Å². The second-order valence-electron chi connectivity index (χ2n) is 4.64. The highest BCUT2D eigenvalue weighted by molar-refractivity contribution is 7.98. The fourth-order valence-electron chi connectivity index (χ4n) is 2.32. The number of aromatic nitrogens is 2. The molecule has 5 nitrogen and oxygen atoms in total. The standard InChI is InChI=1S/C14H16N4OS/c1-8-5-9(3-4-12(8)19-2)13-16-11-7-20-6-10(11)14(17-13)18-15/h3-5H,6-7,15H2,1-2H3,(H,16,17,18). The van der Waals surface area contributed by atoms with Gasteiger partial charge in [0.05, 0.1) is 12.8 Å². The molecular weight excluding hydrogens is 272 g/mol. The second kappa shape index (κ2) is 5.30. The average Bonchev–Trinajstić information content (AvgIpc) is 2.94. The molecule has 3 rings (SSSR count). The van der Waals surface area contributed by atoms with E-state index in [9.17, 15) is 0 Å². The number of hydrazine groups is 1. The number of hydrogen-bond donors (Lipinski definition) is 2. The molecule has 1 aromatic carbocycles. The Morgan fingerprint density at radius 3 is 2.85 bits per heavy atom. The number of anilines is 1. The highest BCUT2D eigenvalue weighted by atomic mass is 32.2. The molecule has 0 aliphatic carbocycles. The summed E-state index contributed by atoms with van der Waals surface area (Å²) in [6.07, 6.45) is 0. The van der Waals surface area contributed by atoms with Gasteiger partial charge in [-0.05, 0) is 30.7 Å². The van der Waals surface area contributed by atoms with Gasteiger partial charge in [0.2, 0.25) is 0 Å². The minimum Gasteiger partial charge on any atom is -0.496 e. The first kappa shape index (κ1) is 13.2. The number of hydrogen-bond acceptors (Lipinski definition) is 6. The summed E-state index contributed by atoms with van der Waals surface area (Å²) in [6, 6.07) is 5.93. The SMILES string of the molecule is COc1ccc(-c2nc3c(c(NN)n2)CSC3)cc1C. The maximum atomic E-state index is 5.58. The summed E-state index contributed by atoms with van der Waals surface area (Å²) < 4.78 is 5.28. The van der Waals surface area contributed by atoms with Crippen molar-refractivity contribution < 1.29 is 4.74 Å². The third kappa shape index (κ3) is 2.21. The summed E-state index contributed by atoms with van der Waals surface area (Å²) in [6.45, 7) is 2.01. The Labute approximate surface area is 121 Å². The summed E-state index contributed by atoms with van der Waals surface area (Å²) >= 11 is 1.83. The van der Waals surface area contributed by atoms with Gasteiger partial charge in [0.25, 0.3) is 0 Å². The summed E-state index contributed by atoms with van der Waals surface area (Å²) in [5, 5.41) is 0. The minimum absolute atomic E-state index is 0.699. The van der Waals surface area contributed by atoms with Crippen molar-refractivity contribution in [3.05, 3.63) is 35.0 Å². The first-order valence-corrected chi connectivity index (χ1v) is 7.47. The maximum absolute atomic E-state index is 5.58.